The molecule has 0 aliphatic rings. The van der Waals surface area contributed by atoms with Crippen LogP contribution in [0.2, 0.25) is 0 Å². The molecule has 1 aromatic rings. The second kappa shape index (κ2) is 7.47. The van der Waals surface area contributed by atoms with Crippen molar-refractivity contribution in [2.45, 2.75) is 39.3 Å². The Bertz CT molecular complexity index is 259. The third-order valence-electron chi connectivity index (χ3n) is 2.89. The highest BCUT2D eigenvalue weighted by atomic mass is 16.3. The lowest BCUT2D eigenvalue weighted by atomic mass is 10.1. The van der Waals surface area contributed by atoms with E-state index in [1.54, 1.807) is 6.26 Å². The first kappa shape index (κ1) is 13.3. The summed E-state index contributed by atoms with van der Waals surface area (Å²) in [6.45, 7) is 7.47. The van der Waals surface area contributed by atoms with E-state index in [9.17, 15) is 0 Å². The minimum atomic E-state index is 0.611. The normalized spacial score (nSPS) is 13.2. The average molecular weight is 224 g/mol. The molecule has 1 N–H and O–H groups in total. The predicted octanol–water partition coefficient (Wildman–Crippen LogP) is 2.49. The molecular weight excluding hydrogens is 200 g/mol. The third kappa shape index (κ3) is 4.37. The molecule has 92 valence electrons. The number of nitrogens with one attached hydrogen (secondary N) is 1. The number of furan rings is 1. The van der Waals surface area contributed by atoms with Crippen molar-refractivity contribution in [1.29, 1.82) is 0 Å². The molecule has 0 saturated heterocycles. The van der Waals surface area contributed by atoms with Gasteiger partial charge in [0, 0.05) is 24.7 Å². The molecule has 1 rings (SSSR count). The van der Waals surface area contributed by atoms with Crippen LogP contribution in [-0.2, 0) is 6.54 Å². The Morgan fingerprint density at radius 3 is 2.81 bits per heavy atom. The van der Waals surface area contributed by atoms with Crippen LogP contribution in [0.4, 0.5) is 0 Å². The van der Waals surface area contributed by atoms with Crippen molar-refractivity contribution >= 4 is 0 Å². The Morgan fingerprint density at radius 1 is 1.44 bits per heavy atom. The van der Waals surface area contributed by atoms with E-state index in [2.05, 4.69) is 31.1 Å². The van der Waals surface area contributed by atoms with Gasteiger partial charge in [0.2, 0.25) is 0 Å². The van der Waals surface area contributed by atoms with Gasteiger partial charge in [-0.25, -0.2) is 0 Å². The molecule has 0 aliphatic carbocycles. The average Bonchev–Trinajstić information content (AvgIpc) is 2.76. The lowest BCUT2D eigenvalue weighted by Gasteiger charge is -2.27. The minimum absolute atomic E-state index is 0.611. The summed E-state index contributed by atoms with van der Waals surface area (Å²) >= 11 is 0. The van der Waals surface area contributed by atoms with Crippen LogP contribution >= 0.6 is 0 Å². The molecule has 0 spiro atoms. The first-order valence-corrected chi connectivity index (χ1v) is 6.20. The molecule has 0 saturated carbocycles. The van der Waals surface area contributed by atoms with Crippen molar-refractivity contribution in [2.24, 2.45) is 0 Å². The molecule has 1 aromatic heterocycles. The van der Waals surface area contributed by atoms with E-state index in [0.29, 0.717) is 6.04 Å². The zero-order valence-corrected chi connectivity index (χ0v) is 10.7. The number of hydrogen-bond acceptors (Lipinski definition) is 3. The number of likely N-dealkylation sites (N-methyl/N-ethyl adjacent to an activating group) is 2. The van der Waals surface area contributed by atoms with Gasteiger partial charge < -0.3 is 9.73 Å². The standard InChI is InChI=1S/C13H24N2O/c1-4-6-13(9-14-5-2)15(3)10-12-7-8-16-11-12/h7-8,11,13-14H,4-6,9-10H2,1-3H3. The molecule has 0 radical (unpaired) electrons. The summed E-state index contributed by atoms with van der Waals surface area (Å²) < 4.78 is 5.09. The maximum Gasteiger partial charge on any atom is 0.0947 e. The summed E-state index contributed by atoms with van der Waals surface area (Å²) in [4.78, 5) is 2.40. The van der Waals surface area contributed by atoms with E-state index < -0.39 is 0 Å². The van der Waals surface area contributed by atoms with E-state index in [4.69, 9.17) is 4.42 Å². The summed E-state index contributed by atoms with van der Waals surface area (Å²) in [5.41, 5.74) is 1.25. The van der Waals surface area contributed by atoms with Gasteiger partial charge in [0.15, 0.2) is 0 Å². The van der Waals surface area contributed by atoms with Crippen LogP contribution in [-0.4, -0.2) is 31.1 Å². The van der Waals surface area contributed by atoms with Gasteiger partial charge in [-0.05, 0) is 26.1 Å². The van der Waals surface area contributed by atoms with Gasteiger partial charge in [-0.3, -0.25) is 4.90 Å². The van der Waals surface area contributed by atoms with Crippen molar-refractivity contribution in [2.75, 3.05) is 20.1 Å². The van der Waals surface area contributed by atoms with E-state index >= 15 is 0 Å². The SMILES string of the molecule is CCCC(CNCC)N(C)Cc1ccoc1. The van der Waals surface area contributed by atoms with Crippen molar-refractivity contribution in [3.63, 3.8) is 0 Å². The Hall–Kier alpha value is -0.800. The molecule has 0 amide bonds. The Balaban J connectivity index is 2.42. The van der Waals surface area contributed by atoms with Gasteiger partial charge >= 0.3 is 0 Å². The number of rotatable bonds is 8. The van der Waals surface area contributed by atoms with Crippen molar-refractivity contribution in [3.8, 4) is 0 Å². The smallest absolute Gasteiger partial charge is 0.0947 e. The molecule has 0 aliphatic heterocycles. The maximum absolute atomic E-state index is 5.09. The topological polar surface area (TPSA) is 28.4 Å². The van der Waals surface area contributed by atoms with Gasteiger partial charge in [-0.2, -0.15) is 0 Å². The zero-order valence-electron chi connectivity index (χ0n) is 10.7. The summed E-state index contributed by atoms with van der Waals surface area (Å²) in [6.07, 6.45) is 6.03. The van der Waals surface area contributed by atoms with Crippen LogP contribution in [0, 0.1) is 0 Å². The van der Waals surface area contributed by atoms with E-state index in [0.717, 1.165) is 19.6 Å². The Kier molecular flexibility index (Phi) is 6.19. The van der Waals surface area contributed by atoms with Crippen LogP contribution < -0.4 is 5.32 Å². The van der Waals surface area contributed by atoms with Crippen LogP contribution in [0.3, 0.4) is 0 Å². The fourth-order valence-corrected chi connectivity index (χ4v) is 1.92. The second-order valence-corrected chi connectivity index (χ2v) is 4.30. The lowest BCUT2D eigenvalue weighted by Crippen LogP contribution is -2.39. The van der Waals surface area contributed by atoms with Crippen LogP contribution in [0.1, 0.15) is 32.3 Å². The quantitative estimate of drug-likeness (QED) is 0.735. The zero-order chi connectivity index (χ0) is 11.8. The van der Waals surface area contributed by atoms with Crippen LogP contribution in [0.25, 0.3) is 0 Å². The van der Waals surface area contributed by atoms with Gasteiger partial charge in [0.1, 0.15) is 0 Å². The highest BCUT2D eigenvalue weighted by molar-refractivity contribution is 5.05. The lowest BCUT2D eigenvalue weighted by molar-refractivity contribution is 0.215. The molecule has 1 unspecified atom stereocenters. The summed E-state index contributed by atoms with van der Waals surface area (Å²) in [7, 11) is 2.19. The maximum atomic E-state index is 5.09. The summed E-state index contributed by atoms with van der Waals surface area (Å²) in [6, 6.07) is 2.65. The van der Waals surface area contributed by atoms with Crippen molar-refractivity contribution in [3.05, 3.63) is 24.2 Å². The molecule has 0 bridgehead atoms. The predicted molar refractivity (Wildman–Crippen MR) is 67.4 cm³/mol. The molecule has 1 heterocycles. The van der Waals surface area contributed by atoms with Gasteiger partial charge in [-0.15, -0.1) is 0 Å². The number of hydrogen-bond donors (Lipinski definition) is 1. The largest absolute Gasteiger partial charge is 0.472 e. The van der Waals surface area contributed by atoms with Crippen molar-refractivity contribution in [1.82, 2.24) is 10.2 Å². The van der Waals surface area contributed by atoms with Crippen LogP contribution in [0.5, 0.6) is 0 Å². The third-order valence-corrected chi connectivity index (χ3v) is 2.89. The highest BCUT2D eigenvalue weighted by Gasteiger charge is 2.13. The summed E-state index contributed by atoms with van der Waals surface area (Å²) in [5, 5.41) is 3.43. The molecule has 0 fully saturated rings. The molecule has 1 atom stereocenters. The Labute approximate surface area is 98.8 Å². The summed E-state index contributed by atoms with van der Waals surface area (Å²) in [5.74, 6) is 0. The highest BCUT2D eigenvalue weighted by Crippen LogP contribution is 2.10. The fourth-order valence-electron chi connectivity index (χ4n) is 1.92. The van der Waals surface area contributed by atoms with E-state index in [-0.39, 0.29) is 0 Å². The second-order valence-electron chi connectivity index (χ2n) is 4.30. The molecule has 3 heteroatoms. The van der Waals surface area contributed by atoms with Gasteiger partial charge in [0.25, 0.3) is 0 Å². The van der Waals surface area contributed by atoms with Gasteiger partial charge in [-0.1, -0.05) is 20.3 Å². The van der Waals surface area contributed by atoms with E-state index in [1.165, 1.54) is 18.4 Å². The Morgan fingerprint density at radius 2 is 2.25 bits per heavy atom. The van der Waals surface area contributed by atoms with Gasteiger partial charge in [0.05, 0.1) is 12.5 Å². The molecule has 16 heavy (non-hydrogen) atoms. The fraction of sp³-hybridized carbons (Fsp3) is 0.692. The van der Waals surface area contributed by atoms with Crippen molar-refractivity contribution < 1.29 is 4.42 Å². The first-order chi connectivity index (χ1) is 7.77. The van der Waals surface area contributed by atoms with E-state index in [1.807, 2.05) is 12.3 Å². The molecular formula is C13H24N2O. The first-order valence-electron chi connectivity index (χ1n) is 6.20. The molecule has 3 nitrogen and oxygen atoms in total. The minimum Gasteiger partial charge on any atom is -0.472 e. The monoisotopic (exact) mass is 224 g/mol. The molecule has 0 aromatic carbocycles. The van der Waals surface area contributed by atoms with Crippen LogP contribution in [0.15, 0.2) is 23.0 Å². The number of nitrogens with zero attached hydrogens (tertiary/aromatic N) is 1.